The van der Waals surface area contributed by atoms with Crippen molar-refractivity contribution in [3.8, 4) is 0 Å². The lowest BCUT2D eigenvalue weighted by Crippen LogP contribution is -2.57. The molecule has 0 aliphatic carbocycles. The van der Waals surface area contributed by atoms with E-state index in [1.165, 1.54) is 0 Å². The number of carbonyl (C=O) groups is 1. The highest BCUT2D eigenvalue weighted by atomic mass is 16.2. The summed E-state index contributed by atoms with van der Waals surface area (Å²) in [4.78, 5) is 13.6. The Kier molecular flexibility index (Phi) is 3.69. The lowest BCUT2D eigenvalue weighted by atomic mass is 10.1. The molecule has 1 aliphatic rings. The number of rotatable bonds is 3. The molecular formula is C9H19N3O. The second kappa shape index (κ2) is 4.58. The van der Waals surface area contributed by atoms with Gasteiger partial charge in [0.15, 0.2) is 0 Å². The van der Waals surface area contributed by atoms with Crippen LogP contribution in [0.15, 0.2) is 0 Å². The Hall–Kier alpha value is -0.610. The zero-order valence-electron chi connectivity index (χ0n) is 8.42. The van der Waals surface area contributed by atoms with Crippen molar-refractivity contribution in [2.75, 3.05) is 19.6 Å². The highest BCUT2D eigenvalue weighted by Crippen LogP contribution is 2.08. The van der Waals surface area contributed by atoms with Crippen LogP contribution in [0.3, 0.4) is 0 Å². The van der Waals surface area contributed by atoms with Gasteiger partial charge in [0.2, 0.25) is 5.91 Å². The van der Waals surface area contributed by atoms with Crippen LogP contribution in [0.2, 0.25) is 0 Å². The van der Waals surface area contributed by atoms with Crippen molar-refractivity contribution in [3.05, 3.63) is 0 Å². The van der Waals surface area contributed by atoms with Crippen LogP contribution >= 0.6 is 0 Å². The fourth-order valence-corrected chi connectivity index (χ4v) is 1.79. The van der Waals surface area contributed by atoms with Crippen molar-refractivity contribution in [2.45, 2.75) is 32.4 Å². The van der Waals surface area contributed by atoms with Crippen molar-refractivity contribution in [1.82, 2.24) is 10.2 Å². The Balaban J connectivity index is 2.54. The summed E-state index contributed by atoms with van der Waals surface area (Å²) in [5.74, 6) is 0.148. The topological polar surface area (TPSA) is 58.4 Å². The number of nitrogens with one attached hydrogen (secondary N) is 1. The van der Waals surface area contributed by atoms with E-state index >= 15 is 0 Å². The quantitative estimate of drug-likeness (QED) is 0.626. The van der Waals surface area contributed by atoms with Crippen LogP contribution in [-0.2, 0) is 4.79 Å². The predicted octanol–water partition coefficient (Wildman–Crippen LogP) is -0.456. The minimum absolute atomic E-state index is 0.0275. The third-order valence-electron chi connectivity index (χ3n) is 2.35. The van der Waals surface area contributed by atoms with Crippen LogP contribution in [0.5, 0.6) is 0 Å². The van der Waals surface area contributed by atoms with Crippen LogP contribution in [0.25, 0.3) is 0 Å². The van der Waals surface area contributed by atoms with Crippen LogP contribution in [0, 0.1) is 0 Å². The Morgan fingerprint density at radius 2 is 2.46 bits per heavy atom. The van der Waals surface area contributed by atoms with Gasteiger partial charge in [-0.05, 0) is 13.3 Å². The van der Waals surface area contributed by atoms with Gasteiger partial charge in [-0.1, -0.05) is 6.92 Å². The molecule has 1 amide bonds. The summed E-state index contributed by atoms with van der Waals surface area (Å²) in [6, 6.07) is 0.166. The molecule has 1 fully saturated rings. The second-order valence-electron chi connectivity index (χ2n) is 3.69. The summed E-state index contributed by atoms with van der Waals surface area (Å²) in [5.41, 5.74) is 5.71. The Labute approximate surface area is 79.5 Å². The van der Waals surface area contributed by atoms with Gasteiger partial charge in [0.05, 0.1) is 6.04 Å². The number of nitrogens with two attached hydrogens (primary N) is 1. The molecule has 1 saturated heterocycles. The van der Waals surface area contributed by atoms with E-state index in [0.717, 1.165) is 26.1 Å². The Bertz CT molecular complexity index is 182. The van der Waals surface area contributed by atoms with E-state index in [1.54, 1.807) is 0 Å². The largest absolute Gasteiger partial charge is 0.353 e. The normalized spacial score (nSPS) is 27.0. The average molecular weight is 185 g/mol. The fraction of sp³-hybridized carbons (Fsp3) is 0.889. The van der Waals surface area contributed by atoms with Crippen molar-refractivity contribution in [3.63, 3.8) is 0 Å². The second-order valence-corrected chi connectivity index (χ2v) is 3.69. The summed E-state index contributed by atoms with van der Waals surface area (Å²) in [7, 11) is 0. The monoisotopic (exact) mass is 185 g/mol. The average Bonchev–Trinajstić information content (AvgIpc) is 2.03. The van der Waals surface area contributed by atoms with E-state index in [9.17, 15) is 4.79 Å². The lowest BCUT2D eigenvalue weighted by molar-refractivity contribution is -0.129. The maximum absolute atomic E-state index is 11.4. The maximum atomic E-state index is 11.4. The molecule has 2 atom stereocenters. The maximum Gasteiger partial charge on any atom is 0.237 e. The molecule has 1 aliphatic heterocycles. The highest BCUT2D eigenvalue weighted by Gasteiger charge is 2.27. The van der Waals surface area contributed by atoms with Gasteiger partial charge in [-0.2, -0.15) is 0 Å². The SMILES string of the molecule is CCC1C(=O)NCCN1CC(C)N. The third kappa shape index (κ3) is 2.67. The van der Waals surface area contributed by atoms with Crippen molar-refractivity contribution >= 4 is 5.91 Å². The number of hydrogen-bond acceptors (Lipinski definition) is 3. The first-order valence-corrected chi connectivity index (χ1v) is 4.92. The molecule has 4 heteroatoms. The lowest BCUT2D eigenvalue weighted by Gasteiger charge is -2.35. The molecule has 0 saturated carbocycles. The molecule has 0 radical (unpaired) electrons. The van der Waals surface area contributed by atoms with Gasteiger partial charge in [-0.25, -0.2) is 0 Å². The Morgan fingerprint density at radius 1 is 1.77 bits per heavy atom. The first kappa shape index (κ1) is 10.5. The summed E-state index contributed by atoms with van der Waals surface area (Å²) in [6.07, 6.45) is 0.860. The predicted molar refractivity (Wildman–Crippen MR) is 52.3 cm³/mol. The van der Waals surface area contributed by atoms with E-state index < -0.39 is 0 Å². The summed E-state index contributed by atoms with van der Waals surface area (Å²) >= 11 is 0. The smallest absolute Gasteiger partial charge is 0.237 e. The molecule has 0 aromatic carbocycles. The molecule has 1 heterocycles. The van der Waals surface area contributed by atoms with E-state index in [0.29, 0.717) is 0 Å². The standard InChI is InChI=1S/C9H19N3O/c1-3-8-9(13)11-4-5-12(8)6-7(2)10/h7-8H,3-6,10H2,1-2H3,(H,11,13). The van der Waals surface area contributed by atoms with Crippen molar-refractivity contribution < 1.29 is 4.79 Å². The van der Waals surface area contributed by atoms with Crippen molar-refractivity contribution in [2.24, 2.45) is 5.73 Å². The minimum Gasteiger partial charge on any atom is -0.353 e. The molecule has 0 aromatic rings. The van der Waals surface area contributed by atoms with Gasteiger partial charge < -0.3 is 11.1 Å². The zero-order valence-corrected chi connectivity index (χ0v) is 8.42. The van der Waals surface area contributed by atoms with E-state index in [2.05, 4.69) is 10.2 Å². The van der Waals surface area contributed by atoms with Gasteiger partial charge in [0.1, 0.15) is 0 Å². The van der Waals surface area contributed by atoms with Gasteiger partial charge in [0.25, 0.3) is 0 Å². The number of piperazine rings is 1. The molecule has 76 valence electrons. The van der Waals surface area contributed by atoms with Crippen LogP contribution in [0.1, 0.15) is 20.3 Å². The first-order chi connectivity index (χ1) is 6.15. The number of carbonyl (C=O) groups excluding carboxylic acids is 1. The molecule has 1 rings (SSSR count). The van der Waals surface area contributed by atoms with Crippen molar-refractivity contribution in [1.29, 1.82) is 0 Å². The van der Waals surface area contributed by atoms with Gasteiger partial charge in [0, 0.05) is 25.7 Å². The first-order valence-electron chi connectivity index (χ1n) is 4.92. The third-order valence-corrected chi connectivity index (χ3v) is 2.35. The molecule has 13 heavy (non-hydrogen) atoms. The highest BCUT2D eigenvalue weighted by molar-refractivity contribution is 5.82. The molecule has 0 aromatic heterocycles. The molecule has 0 bridgehead atoms. The Morgan fingerprint density at radius 3 is 3.00 bits per heavy atom. The fourth-order valence-electron chi connectivity index (χ4n) is 1.79. The summed E-state index contributed by atoms with van der Waals surface area (Å²) in [5, 5.41) is 2.86. The number of hydrogen-bond donors (Lipinski definition) is 2. The zero-order chi connectivity index (χ0) is 9.84. The van der Waals surface area contributed by atoms with Crippen LogP contribution in [0.4, 0.5) is 0 Å². The van der Waals surface area contributed by atoms with Crippen LogP contribution in [-0.4, -0.2) is 42.5 Å². The molecular weight excluding hydrogens is 166 g/mol. The molecule has 3 N–H and O–H groups in total. The van der Waals surface area contributed by atoms with E-state index in [-0.39, 0.29) is 18.0 Å². The van der Waals surface area contributed by atoms with Gasteiger partial charge in [-0.3, -0.25) is 9.69 Å². The van der Waals surface area contributed by atoms with Gasteiger partial charge in [-0.15, -0.1) is 0 Å². The van der Waals surface area contributed by atoms with Gasteiger partial charge >= 0.3 is 0 Å². The molecule has 0 spiro atoms. The summed E-state index contributed by atoms with van der Waals surface area (Å²) in [6.45, 7) is 6.49. The van der Waals surface area contributed by atoms with E-state index in [1.807, 2.05) is 13.8 Å². The number of amides is 1. The molecule has 4 nitrogen and oxygen atoms in total. The molecule has 2 unspecified atom stereocenters. The minimum atomic E-state index is 0.0275. The van der Waals surface area contributed by atoms with Crippen LogP contribution < -0.4 is 11.1 Å². The van der Waals surface area contributed by atoms with E-state index in [4.69, 9.17) is 5.73 Å². The number of nitrogens with zero attached hydrogens (tertiary/aromatic N) is 1. The summed E-state index contributed by atoms with van der Waals surface area (Å²) < 4.78 is 0.